The molecule has 0 unspecified atom stereocenters. The predicted molar refractivity (Wildman–Crippen MR) is 106 cm³/mol. The van der Waals surface area contributed by atoms with Gasteiger partial charge in [0.1, 0.15) is 0 Å². The Kier molecular flexibility index (Phi) is 7.13. The summed E-state index contributed by atoms with van der Waals surface area (Å²) in [6, 6.07) is 13.3. The van der Waals surface area contributed by atoms with Gasteiger partial charge in [0.15, 0.2) is 0 Å². The van der Waals surface area contributed by atoms with E-state index >= 15 is 0 Å². The Labute approximate surface area is 148 Å². The van der Waals surface area contributed by atoms with Gasteiger partial charge in [0.25, 0.3) is 0 Å². The third kappa shape index (κ3) is 5.27. The van der Waals surface area contributed by atoms with Crippen molar-refractivity contribution in [2.45, 2.75) is 66.2 Å². The van der Waals surface area contributed by atoms with Gasteiger partial charge in [-0.2, -0.15) is 0 Å². The zero-order valence-electron chi connectivity index (χ0n) is 15.7. The third-order valence-corrected chi connectivity index (χ3v) is 4.45. The molecule has 0 spiro atoms. The summed E-state index contributed by atoms with van der Waals surface area (Å²) in [5.74, 6) is 6.90. The first-order chi connectivity index (χ1) is 11.6. The van der Waals surface area contributed by atoms with E-state index in [4.69, 9.17) is 0 Å². The summed E-state index contributed by atoms with van der Waals surface area (Å²) in [5, 5.41) is 0. The van der Waals surface area contributed by atoms with Crippen LogP contribution in [0, 0.1) is 25.7 Å². The predicted octanol–water partition coefficient (Wildman–Crippen LogP) is 6.39. The molecule has 0 N–H and O–H groups in total. The maximum atomic E-state index is 3.45. The van der Waals surface area contributed by atoms with Crippen molar-refractivity contribution in [3.05, 3.63) is 69.8 Å². The smallest absolute Gasteiger partial charge is 0.0281 e. The topological polar surface area (TPSA) is 0 Å². The summed E-state index contributed by atoms with van der Waals surface area (Å²) < 4.78 is 0. The third-order valence-electron chi connectivity index (χ3n) is 4.45. The van der Waals surface area contributed by atoms with Crippen molar-refractivity contribution < 1.29 is 0 Å². The van der Waals surface area contributed by atoms with Crippen molar-refractivity contribution in [3.8, 4) is 11.8 Å². The van der Waals surface area contributed by atoms with Gasteiger partial charge in [-0.3, -0.25) is 0 Å². The average Bonchev–Trinajstić information content (AvgIpc) is 2.58. The minimum absolute atomic E-state index is 1.12. The van der Waals surface area contributed by atoms with E-state index < -0.39 is 0 Å². The number of aryl methyl sites for hydroxylation is 4. The van der Waals surface area contributed by atoms with Gasteiger partial charge in [-0.25, -0.2) is 0 Å². The van der Waals surface area contributed by atoms with Crippen LogP contribution in [0.3, 0.4) is 0 Å². The molecule has 0 atom stereocenters. The minimum Gasteiger partial charge on any atom is -0.0654 e. The molecular formula is C24H30. The van der Waals surface area contributed by atoms with Crippen LogP contribution >= 0.6 is 0 Å². The summed E-state index contributed by atoms with van der Waals surface area (Å²) in [5.41, 5.74) is 7.82. The molecule has 0 heterocycles. The minimum atomic E-state index is 1.12. The van der Waals surface area contributed by atoms with Gasteiger partial charge in [0.05, 0.1) is 0 Å². The standard InChI is InChI=1S/C24H30/c1-5-7-9-23-17-19(3)11-13-21(23)15-16-22-14-12-20(4)18-24(22)10-8-6-2/h11-14,17-18H,5-10H2,1-4H3. The molecule has 0 saturated heterocycles. The van der Waals surface area contributed by atoms with Crippen LogP contribution in [0.4, 0.5) is 0 Å². The lowest BCUT2D eigenvalue weighted by Crippen LogP contribution is -1.94. The van der Waals surface area contributed by atoms with Crippen LogP contribution in [0.2, 0.25) is 0 Å². The van der Waals surface area contributed by atoms with Crippen molar-refractivity contribution in [1.29, 1.82) is 0 Å². The maximum absolute atomic E-state index is 3.45. The highest BCUT2D eigenvalue weighted by Crippen LogP contribution is 2.16. The summed E-state index contributed by atoms with van der Waals surface area (Å²) in [6.45, 7) is 8.81. The van der Waals surface area contributed by atoms with E-state index in [0.29, 0.717) is 0 Å². The van der Waals surface area contributed by atoms with Crippen molar-refractivity contribution in [3.63, 3.8) is 0 Å². The van der Waals surface area contributed by atoms with Gasteiger partial charge in [0.2, 0.25) is 0 Å². The van der Waals surface area contributed by atoms with Crippen LogP contribution in [0.1, 0.15) is 72.9 Å². The lowest BCUT2D eigenvalue weighted by molar-refractivity contribution is 0.792. The highest BCUT2D eigenvalue weighted by Gasteiger charge is 2.03. The molecule has 0 bridgehead atoms. The van der Waals surface area contributed by atoms with E-state index in [0.717, 1.165) is 12.8 Å². The largest absolute Gasteiger partial charge is 0.0654 e. The molecule has 0 radical (unpaired) electrons. The van der Waals surface area contributed by atoms with Crippen molar-refractivity contribution in [1.82, 2.24) is 0 Å². The van der Waals surface area contributed by atoms with E-state index in [9.17, 15) is 0 Å². The molecule has 2 aromatic rings. The summed E-state index contributed by atoms with van der Waals surface area (Å²) in [7, 11) is 0. The Morgan fingerprint density at radius 2 is 1.08 bits per heavy atom. The first-order valence-electron chi connectivity index (χ1n) is 9.35. The van der Waals surface area contributed by atoms with Crippen molar-refractivity contribution in [2.75, 3.05) is 0 Å². The first kappa shape index (κ1) is 18.3. The van der Waals surface area contributed by atoms with Gasteiger partial charge in [-0.1, -0.05) is 73.9 Å². The van der Waals surface area contributed by atoms with Gasteiger partial charge in [-0.15, -0.1) is 0 Å². The molecule has 0 aliphatic rings. The Hall–Kier alpha value is -2.00. The van der Waals surface area contributed by atoms with E-state index in [-0.39, 0.29) is 0 Å². The number of benzene rings is 2. The highest BCUT2D eigenvalue weighted by atomic mass is 14.1. The molecular weight excluding hydrogens is 288 g/mol. The second kappa shape index (κ2) is 9.33. The Bertz CT molecular complexity index is 664. The second-order valence-electron chi connectivity index (χ2n) is 6.78. The van der Waals surface area contributed by atoms with Gasteiger partial charge >= 0.3 is 0 Å². The highest BCUT2D eigenvalue weighted by molar-refractivity contribution is 5.50. The maximum Gasteiger partial charge on any atom is 0.0281 e. The van der Waals surface area contributed by atoms with Gasteiger partial charge in [-0.05, 0) is 62.8 Å². The lowest BCUT2D eigenvalue weighted by Gasteiger charge is -2.07. The molecule has 0 nitrogen and oxygen atoms in total. The van der Waals surface area contributed by atoms with E-state index in [2.05, 4.69) is 75.9 Å². The van der Waals surface area contributed by atoms with Crippen LogP contribution in [0.15, 0.2) is 36.4 Å². The number of hydrogen-bond donors (Lipinski definition) is 0. The molecule has 0 amide bonds. The van der Waals surface area contributed by atoms with Crippen LogP contribution < -0.4 is 0 Å². The summed E-state index contributed by atoms with van der Waals surface area (Å²) in [4.78, 5) is 0. The van der Waals surface area contributed by atoms with Gasteiger partial charge in [0, 0.05) is 11.1 Å². The Morgan fingerprint density at radius 3 is 1.46 bits per heavy atom. The number of hydrogen-bond acceptors (Lipinski definition) is 0. The van der Waals surface area contributed by atoms with Crippen LogP contribution in [-0.2, 0) is 12.8 Å². The van der Waals surface area contributed by atoms with Crippen LogP contribution in [0.25, 0.3) is 0 Å². The zero-order chi connectivity index (χ0) is 17.4. The molecule has 126 valence electrons. The van der Waals surface area contributed by atoms with E-state index in [1.165, 1.54) is 59.1 Å². The van der Waals surface area contributed by atoms with Crippen molar-refractivity contribution in [2.24, 2.45) is 0 Å². The molecule has 0 fully saturated rings. The number of rotatable bonds is 6. The number of unbranched alkanes of at least 4 members (excludes halogenated alkanes) is 2. The van der Waals surface area contributed by atoms with Gasteiger partial charge < -0.3 is 0 Å². The fourth-order valence-electron chi connectivity index (χ4n) is 2.97. The quantitative estimate of drug-likeness (QED) is 0.541. The molecule has 24 heavy (non-hydrogen) atoms. The SMILES string of the molecule is CCCCc1cc(C)ccc1C#Cc1ccc(C)cc1CCCC. The van der Waals surface area contributed by atoms with Crippen molar-refractivity contribution >= 4 is 0 Å². The molecule has 0 heteroatoms. The van der Waals surface area contributed by atoms with E-state index in [1.54, 1.807) is 0 Å². The first-order valence-corrected chi connectivity index (χ1v) is 9.35. The summed E-state index contributed by atoms with van der Waals surface area (Å²) >= 11 is 0. The van der Waals surface area contributed by atoms with E-state index in [1.807, 2.05) is 0 Å². The van der Waals surface area contributed by atoms with Crippen LogP contribution in [-0.4, -0.2) is 0 Å². The Morgan fingerprint density at radius 1 is 0.667 bits per heavy atom. The molecule has 0 aromatic heterocycles. The molecule has 0 saturated carbocycles. The normalized spacial score (nSPS) is 10.3. The second-order valence-corrected chi connectivity index (χ2v) is 6.78. The fourth-order valence-corrected chi connectivity index (χ4v) is 2.97. The summed E-state index contributed by atoms with van der Waals surface area (Å²) in [6.07, 6.45) is 7.15. The van der Waals surface area contributed by atoms with Crippen LogP contribution in [0.5, 0.6) is 0 Å². The molecule has 0 aliphatic heterocycles. The lowest BCUT2D eigenvalue weighted by atomic mass is 9.97. The fraction of sp³-hybridized carbons (Fsp3) is 0.417. The Balaban J connectivity index is 2.32. The average molecular weight is 319 g/mol. The molecule has 0 aliphatic carbocycles. The monoisotopic (exact) mass is 318 g/mol. The zero-order valence-corrected chi connectivity index (χ0v) is 15.7. The molecule has 2 rings (SSSR count). The molecule has 2 aromatic carbocycles.